The minimum absolute atomic E-state index is 0.0684. The maximum atomic E-state index is 12.4. The number of H-pyrrole nitrogens is 1. The van der Waals surface area contributed by atoms with Crippen LogP contribution in [-0.4, -0.2) is 30.6 Å². The fraction of sp³-hybridized carbons (Fsp3) is 0.200. The molecular formula is C15H14N6O3S3. The summed E-state index contributed by atoms with van der Waals surface area (Å²) in [6.45, 7) is 7.60. The molecule has 3 aromatic rings. The van der Waals surface area contributed by atoms with Gasteiger partial charge in [-0.15, -0.1) is 17.9 Å². The number of rotatable bonds is 6. The van der Waals surface area contributed by atoms with Crippen molar-refractivity contribution in [3.8, 4) is 10.7 Å². The number of aromatic amines is 1. The molecule has 0 radical (unpaired) electrons. The maximum Gasteiger partial charge on any atom is 0.283 e. The highest BCUT2D eigenvalue weighted by molar-refractivity contribution is 7.71. The van der Waals surface area contributed by atoms with Crippen LogP contribution in [0.5, 0.6) is 0 Å². The van der Waals surface area contributed by atoms with E-state index in [9.17, 15) is 14.9 Å². The van der Waals surface area contributed by atoms with E-state index < -0.39 is 10.8 Å². The molecule has 140 valence electrons. The second-order valence-corrected chi connectivity index (χ2v) is 8.09. The third-order valence-electron chi connectivity index (χ3n) is 3.60. The number of thiazole rings is 1. The van der Waals surface area contributed by atoms with Crippen molar-refractivity contribution in [3.63, 3.8) is 0 Å². The van der Waals surface area contributed by atoms with Crippen molar-refractivity contribution in [1.29, 1.82) is 0 Å². The van der Waals surface area contributed by atoms with E-state index in [1.807, 2.05) is 0 Å². The summed E-state index contributed by atoms with van der Waals surface area (Å²) in [6, 6.07) is 1.27. The number of aromatic nitrogens is 4. The Morgan fingerprint density at radius 1 is 1.52 bits per heavy atom. The van der Waals surface area contributed by atoms with Crippen molar-refractivity contribution >= 4 is 51.6 Å². The number of anilines is 1. The molecule has 0 aliphatic carbocycles. The predicted molar refractivity (Wildman–Crippen MR) is 107 cm³/mol. The molecule has 0 aromatic carbocycles. The lowest BCUT2D eigenvalue weighted by molar-refractivity contribution is -0.385. The molecule has 0 spiro atoms. The first-order valence-corrected chi connectivity index (χ1v) is 9.66. The molecule has 27 heavy (non-hydrogen) atoms. The Morgan fingerprint density at radius 2 is 2.26 bits per heavy atom. The van der Waals surface area contributed by atoms with E-state index in [-0.39, 0.29) is 10.6 Å². The number of nitrogens with zero attached hydrogens (tertiary/aromatic N) is 4. The van der Waals surface area contributed by atoms with Gasteiger partial charge in [-0.05, 0) is 26.1 Å². The van der Waals surface area contributed by atoms with Crippen LogP contribution in [-0.2, 0) is 6.54 Å². The van der Waals surface area contributed by atoms with E-state index in [2.05, 4.69) is 27.1 Å². The lowest BCUT2D eigenvalue weighted by Crippen LogP contribution is -2.09. The summed E-state index contributed by atoms with van der Waals surface area (Å²) in [7, 11) is 0. The topological polar surface area (TPSA) is 119 Å². The number of hydrogen-bond acceptors (Lipinski definition) is 8. The van der Waals surface area contributed by atoms with Crippen molar-refractivity contribution in [2.75, 3.05) is 5.32 Å². The number of allylic oxidation sites excluding steroid dienone is 1. The molecular weight excluding hydrogens is 408 g/mol. The number of amides is 1. The Balaban J connectivity index is 1.88. The van der Waals surface area contributed by atoms with Crippen molar-refractivity contribution in [2.24, 2.45) is 0 Å². The quantitative estimate of drug-likeness (QED) is 0.267. The summed E-state index contributed by atoms with van der Waals surface area (Å²) < 4.78 is 2.24. The number of carbonyl (C=O) groups is 1. The Bertz CT molecular complexity index is 1110. The average molecular weight is 423 g/mol. The first kappa shape index (κ1) is 19.1. The summed E-state index contributed by atoms with van der Waals surface area (Å²) in [5.41, 5.74) is 0.615. The van der Waals surface area contributed by atoms with Gasteiger partial charge in [0.15, 0.2) is 15.7 Å². The Kier molecular flexibility index (Phi) is 5.30. The lowest BCUT2D eigenvalue weighted by atomic mass is 10.3. The van der Waals surface area contributed by atoms with Gasteiger partial charge in [0.2, 0.25) is 0 Å². The highest BCUT2D eigenvalue weighted by Crippen LogP contribution is 2.33. The molecule has 0 saturated heterocycles. The highest BCUT2D eigenvalue weighted by Gasteiger charge is 2.22. The normalized spacial score (nSPS) is 10.7. The van der Waals surface area contributed by atoms with Crippen molar-refractivity contribution < 1.29 is 9.72 Å². The summed E-state index contributed by atoms with van der Waals surface area (Å²) in [5, 5.41) is 21.0. The smallest absolute Gasteiger partial charge is 0.283 e. The molecule has 0 fully saturated rings. The molecule has 0 aliphatic heterocycles. The van der Waals surface area contributed by atoms with Crippen LogP contribution in [0.1, 0.15) is 20.2 Å². The van der Waals surface area contributed by atoms with Crippen LogP contribution in [0.2, 0.25) is 0 Å². The monoisotopic (exact) mass is 422 g/mol. The van der Waals surface area contributed by atoms with Gasteiger partial charge in [-0.3, -0.25) is 29.9 Å². The molecule has 3 rings (SSSR count). The van der Waals surface area contributed by atoms with Crippen molar-refractivity contribution in [1.82, 2.24) is 19.7 Å². The van der Waals surface area contributed by atoms with Gasteiger partial charge in [-0.2, -0.15) is 5.10 Å². The van der Waals surface area contributed by atoms with Gasteiger partial charge in [0, 0.05) is 12.6 Å². The fourth-order valence-electron chi connectivity index (χ4n) is 2.37. The maximum absolute atomic E-state index is 12.4. The second-order valence-electron chi connectivity index (χ2n) is 5.45. The van der Waals surface area contributed by atoms with E-state index in [1.165, 1.54) is 17.4 Å². The molecule has 0 unspecified atom stereocenters. The molecule has 3 aromatic heterocycles. The third-order valence-corrected chi connectivity index (χ3v) is 6.02. The van der Waals surface area contributed by atoms with Crippen molar-refractivity contribution in [2.45, 2.75) is 20.4 Å². The number of nitro groups is 1. The van der Waals surface area contributed by atoms with E-state index >= 15 is 0 Å². The van der Waals surface area contributed by atoms with Crippen LogP contribution in [0.3, 0.4) is 0 Å². The van der Waals surface area contributed by atoms with Crippen LogP contribution >= 0.6 is 34.9 Å². The minimum Gasteiger partial charge on any atom is -0.297 e. The number of aryl methyl sites for hydroxylation is 2. The second kappa shape index (κ2) is 7.50. The third kappa shape index (κ3) is 3.72. The van der Waals surface area contributed by atoms with E-state index in [4.69, 9.17) is 12.2 Å². The zero-order valence-corrected chi connectivity index (χ0v) is 16.8. The van der Waals surface area contributed by atoms with Gasteiger partial charge >= 0.3 is 0 Å². The Hall–Kier alpha value is -2.70. The molecule has 9 nitrogen and oxygen atoms in total. The summed E-state index contributed by atoms with van der Waals surface area (Å²) >= 11 is 7.53. The number of carbonyl (C=O) groups excluding carboxylic acids is 1. The summed E-state index contributed by atoms with van der Waals surface area (Å²) in [5.74, 6) is 0.166. The van der Waals surface area contributed by atoms with Crippen LogP contribution in [0, 0.1) is 28.7 Å². The zero-order chi connectivity index (χ0) is 19.7. The SMILES string of the molecule is C=CCn1c(-c2sc(NC(=O)c3cc([N+](=O)[O-])c(C)s3)nc2C)n[nH]c1=S. The standard InChI is InChI=1S/C15H14N6O3S3/c1-4-5-20-12(18-19-15(20)25)11-7(2)16-14(27-11)17-13(22)10-6-9(21(23)24)8(3)26-10/h4,6H,1,5H2,2-3H3,(H,19,25)(H,16,17,22). The highest BCUT2D eigenvalue weighted by atomic mass is 32.1. The van der Waals surface area contributed by atoms with Gasteiger partial charge in [-0.25, -0.2) is 4.98 Å². The average Bonchev–Trinajstić information content (AvgIpc) is 3.26. The molecule has 2 N–H and O–H groups in total. The summed E-state index contributed by atoms with van der Waals surface area (Å²) in [6.07, 6.45) is 1.71. The van der Waals surface area contributed by atoms with E-state index in [0.717, 1.165) is 16.2 Å². The number of nitrogens with one attached hydrogen (secondary N) is 2. The fourth-order valence-corrected chi connectivity index (χ4v) is 4.42. The van der Waals surface area contributed by atoms with E-state index in [1.54, 1.807) is 24.5 Å². The molecule has 12 heteroatoms. The van der Waals surface area contributed by atoms with Gasteiger partial charge in [0.25, 0.3) is 11.6 Å². The van der Waals surface area contributed by atoms with Crippen LogP contribution in [0.15, 0.2) is 18.7 Å². The van der Waals surface area contributed by atoms with Crippen LogP contribution in [0.4, 0.5) is 10.8 Å². The minimum atomic E-state index is -0.503. The van der Waals surface area contributed by atoms with Gasteiger partial charge < -0.3 is 0 Å². The number of hydrogen-bond donors (Lipinski definition) is 2. The largest absolute Gasteiger partial charge is 0.297 e. The van der Waals surface area contributed by atoms with Gasteiger partial charge in [0.05, 0.1) is 25.2 Å². The van der Waals surface area contributed by atoms with E-state index in [0.29, 0.717) is 32.8 Å². The molecule has 0 atom stereocenters. The molecule has 1 amide bonds. The van der Waals surface area contributed by atoms with Gasteiger partial charge in [0.1, 0.15) is 0 Å². The Labute approximate surface area is 166 Å². The molecule has 0 aliphatic rings. The van der Waals surface area contributed by atoms with Crippen molar-refractivity contribution in [3.05, 3.63) is 49.1 Å². The number of thiophene rings is 1. The molecule has 3 heterocycles. The Morgan fingerprint density at radius 3 is 2.89 bits per heavy atom. The lowest BCUT2D eigenvalue weighted by Gasteiger charge is -2.01. The van der Waals surface area contributed by atoms with Crippen LogP contribution < -0.4 is 5.32 Å². The predicted octanol–water partition coefficient (Wildman–Crippen LogP) is 4.09. The van der Waals surface area contributed by atoms with Crippen LogP contribution in [0.25, 0.3) is 10.7 Å². The summed E-state index contributed by atoms with van der Waals surface area (Å²) in [4.78, 5) is 28.7. The first-order chi connectivity index (χ1) is 12.8. The van der Waals surface area contributed by atoms with Gasteiger partial charge in [-0.1, -0.05) is 17.4 Å². The molecule has 0 saturated carbocycles. The first-order valence-electron chi connectivity index (χ1n) is 7.62. The zero-order valence-electron chi connectivity index (χ0n) is 14.3. The molecule has 0 bridgehead atoms.